The highest BCUT2D eigenvalue weighted by molar-refractivity contribution is 5.78. The molecule has 0 amide bonds. The molecule has 0 aliphatic heterocycles. The van der Waals surface area contributed by atoms with E-state index >= 15 is 0 Å². The van der Waals surface area contributed by atoms with E-state index < -0.39 is 0 Å². The Morgan fingerprint density at radius 2 is 0.641 bits per heavy atom. The third kappa shape index (κ3) is 52.0. The molecule has 10 heteroatoms. The molecule has 103 heavy (non-hydrogen) atoms. The van der Waals surface area contributed by atoms with Gasteiger partial charge in [0, 0.05) is 49.3 Å². The van der Waals surface area contributed by atoms with Crippen LogP contribution in [-0.4, -0.2) is 122 Å². The first-order valence-corrected chi connectivity index (χ1v) is 42.5. The van der Waals surface area contributed by atoms with Crippen LogP contribution in [-0.2, 0) is 47.4 Å². The molecule has 612 valence electrons. The molecule has 0 bridgehead atoms. The Bertz CT molecular complexity index is 2060. The molecule has 2 aromatic rings. The standard InChI is InChI=1S/C16H16O.C11H22O.C10H20O.C9H18O.C9H20O.C8H16O.2C8H18O.2C7H16O/c1-11(2)17-16-14-9-5-3-7-12(14)13-8-4-6-10-15(13)16;1-10(12-2)11-8-6-4-3-5-7-9-11;1-9(11-2)10-7-5-3-4-6-8-10;1-8(10-2)9-6-4-3-5-7-9;1-7(2)8(3)10-9(4,5)6;1-7(9-2)8-5-3-4-6-8;1-6(2)7(3)8(4)9-5;1-6(2)8(5)9-7(3)4;1-5-6(2)7(3)8-4;1-5-8-7(4)6(2)3/h3-11,16H,1-2H3;10-11H,3-9H2,1-2H3;9-10H,3-8H2,1-2H3;8-9H,3-7H2,1-2H3;7-8H,1-6H3;7-8H,3-6H2,1-2H3;2*6-8H,1-5H3;2*6-7H,5H2,1-4H3/t;10-;9-;2*8-;7-;7?,8-;8-;6?,7-;7-/m.111111111/s1. The highest BCUT2D eigenvalue weighted by atomic mass is 16.5. The minimum Gasteiger partial charge on any atom is -0.381 e. The van der Waals surface area contributed by atoms with Gasteiger partial charge in [-0.25, -0.2) is 0 Å². The van der Waals surface area contributed by atoms with Crippen molar-refractivity contribution in [3.8, 4) is 11.1 Å². The summed E-state index contributed by atoms with van der Waals surface area (Å²) >= 11 is 0. The summed E-state index contributed by atoms with van der Waals surface area (Å²) in [5, 5.41) is 0. The summed E-state index contributed by atoms with van der Waals surface area (Å²) in [4.78, 5) is 0. The summed E-state index contributed by atoms with van der Waals surface area (Å²) in [6.45, 7) is 60.9. The van der Waals surface area contributed by atoms with Gasteiger partial charge in [-0.2, -0.15) is 0 Å². The smallest absolute Gasteiger partial charge is 0.109 e. The van der Waals surface area contributed by atoms with E-state index in [2.05, 4.69) is 235 Å². The van der Waals surface area contributed by atoms with Crippen LogP contribution in [0.15, 0.2) is 48.5 Å². The maximum Gasteiger partial charge on any atom is 0.109 e. The summed E-state index contributed by atoms with van der Waals surface area (Å²) in [6, 6.07) is 17.0. The van der Waals surface area contributed by atoms with Gasteiger partial charge in [-0.05, 0) is 251 Å². The molecule has 10 nitrogen and oxygen atoms in total. The lowest BCUT2D eigenvalue weighted by atomic mass is 9.86. The fourth-order valence-corrected chi connectivity index (χ4v) is 13.1. The van der Waals surface area contributed by atoms with Crippen molar-refractivity contribution in [2.45, 2.75) is 420 Å². The topological polar surface area (TPSA) is 92.3 Å². The van der Waals surface area contributed by atoms with Crippen LogP contribution in [0.25, 0.3) is 11.1 Å². The third-order valence-corrected chi connectivity index (χ3v) is 22.7. The van der Waals surface area contributed by atoms with Gasteiger partial charge in [-0.3, -0.25) is 0 Å². The van der Waals surface area contributed by atoms with E-state index in [0.717, 1.165) is 36.2 Å². The molecule has 5 aliphatic rings. The number of fused-ring (bicyclic) bond motifs is 3. The van der Waals surface area contributed by atoms with Crippen LogP contribution in [0.1, 0.15) is 359 Å². The van der Waals surface area contributed by atoms with Crippen molar-refractivity contribution < 1.29 is 47.4 Å². The first kappa shape index (κ1) is 105. The number of methoxy groups -OCH3 is 6. The van der Waals surface area contributed by atoms with E-state index in [1.54, 1.807) is 14.2 Å². The van der Waals surface area contributed by atoms with Gasteiger partial charge < -0.3 is 47.4 Å². The maximum atomic E-state index is 6.06. The highest BCUT2D eigenvalue weighted by Gasteiger charge is 2.30. The Morgan fingerprint density at radius 3 is 0.845 bits per heavy atom. The van der Waals surface area contributed by atoms with Crippen LogP contribution >= 0.6 is 0 Å². The second-order valence-electron chi connectivity index (χ2n) is 33.9. The fourth-order valence-electron chi connectivity index (χ4n) is 13.1. The Kier molecular flexibility index (Phi) is 65.1. The molecule has 0 aromatic heterocycles. The van der Waals surface area contributed by atoms with E-state index in [9.17, 15) is 0 Å². The van der Waals surface area contributed by atoms with Crippen molar-refractivity contribution in [3.63, 3.8) is 0 Å². The van der Waals surface area contributed by atoms with E-state index in [4.69, 9.17) is 47.4 Å². The van der Waals surface area contributed by atoms with Crippen LogP contribution < -0.4 is 0 Å². The first-order chi connectivity index (χ1) is 48.5. The van der Waals surface area contributed by atoms with Gasteiger partial charge in [-0.15, -0.1) is 0 Å². The molecule has 0 saturated heterocycles. The van der Waals surface area contributed by atoms with Crippen LogP contribution in [0.5, 0.6) is 0 Å². The molecule has 7 rings (SSSR count). The molecule has 2 unspecified atom stereocenters. The third-order valence-electron chi connectivity index (χ3n) is 22.7. The van der Waals surface area contributed by atoms with Gasteiger partial charge in [0.1, 0.15) is 6.10 Å². The van der Waals surface area contributed by atoms with E-state index in [-0.39, 0.29) is 17.8 Å². The Labute approximate surface area is 643 Å². The quantitative estimate of drug-likeness (QED) is 0.0946. The Balaban J connectivity index is -0.00000109. The fraction of sp³-hybridized carbons (Fsp3) is 0.871. The second kappa shape index (κ2) is 63.8. The summed E-state index contributed by atoms with van der Waals surface area (Å²) in [6.07, 6.45) is 36.8. The van der Waals surface area contributed by atoms with E-state index in [0.29, 0.717) is 90.6 Å². The number of hydrogen-bond acceptors (Lipinski definition) is 10. The summed E-state index contributed by atoms with van der Waals surface area (Å²) < 4.78 is 54.1. The molecule has 0 N–H and O–H groups in total. The number of hydrogen-bond donors (Lipinski definition) is 0. The molecule has 0 heterocycles. The molecular weight excluding hydrogens is 1280 g/mol. The lowest BCUT2D eigenvalue weighted by Crippen LogP contribution is -2.28. The highest BCUT2D eigenvalue weighted by Crippen LogP contribution is 2.45. The number of benzene rings is 2. The van der Waals surface area contributed by atoms with Crippen molar-refractivity contribution in [1.82, 2.24) is 0 Å². The van der Waals surface area contributed by atoms with Crippen molar-refractivity contribution >= 4 is 0 Å². The zero-order valence-electron chi connectivity index (χ0n) is 74.9. The Morgan fingerprint density at radius 1 is 0.340 bits per heavy atom. The van der Waals surface area contributed by atoms with Crippen LogP contribution in [0.4, 0.5) is 0 Å². The molecule has 0 radical (unpaired) electrons. The molecular formula is C93H180O10. The van der Waals surface area contributed by atoms with Crippen LogP contribution in [0, 0.1) is 59.2 Å². The molecule has 0 spiro atoms. The van der Waals surface area contributed by atoms with Gasteiger partial charge in [-0.1, -0.05) is 221 Å². The lowest BCUT2D eigenvalue weighted by Gasteiger charge is -2.27. The van der Waals surface area contributed by atoms with Crippen molar-refractivity contribution in [2.75, 3.05) is 49.3 Å². The molecule has 11 atom stereocenters. The molecule has 2 aromatic carbocycles. The average Bonchev–Trinajstić information content (AvgIpc) is 1.62. The van der Waals surface area contributed by atoms with Crippen LogP contribution in [0.2, 0.25) is 0 Å². The minimum atomic E-state index is 0.00366. The number of rotatable bonds is 24. The lowest BCUT2D eigenvalue weighted by molar-refractivity contribution is -0.0698. The Hall–Kier alpha value is -1.96. The van der Waals surface area contributed by atoms with Gasteiger partial charge in [0.2, 0.25) is 0 Å². The summed E-state index contributed by atoms with van der Waals surface area (Å²) in [5.41, 5.74) is 5.22. The number of ether oxygens (including phenoxy) is 10. The van der Waals surface area contributed by atoms with Crippen molar-refractivity contribution in [1.29, 1.82) is 0 Å². The van der Waals surface area contributed by atoms with Gasteiger partial charge in [0.25, 0.3) is 0 Å². The predicted molar refractivity (Wildman–Crippen MR) is 449 cm³/mol. The van der Waals surface area contributed by atoms with E-state index in [1.165, 1.54) is 170 Å². The van der Waals surface area contributed by atoms with Crippen LogP contribution in [0.3, 0.4) is 0 Å². The van der Waals surface area contributed by atoms with E-state index in [1.807, 2.05) is 35.4 Å². The first-order valence-electron chi connectivity index (χ1n) is 42.5. The molecule has 4 saturated carbocycles. The van der Waals surface area contributed by atoms with Gasteiger partial charge >= 0.3 is 0 Å². The monoisotopic (exact) mass is 1460 g/mol. The predicted octanol–water partition coefficient (Wildman–Crippen LogP) is 27.1. The van der Waals surface area contributed by atoms with Gasteiger partial charge in [0.05, 0.1) is 72.7 Å². The minimum absolute atomic E-state index is 0.00366. The van der Waals surface area contributed by atoms with Gasteiger partial charge in [0.15, 0.2) is 0 Å². The van der Waals surface area contributed by atoms with Crippen molar-refractivity contribution in [2.24, 2.45) is 59.2 Å². The SMILES string of the molecule is CC(C)OC1c2ccccc2-c2ccccc21.CC(C)O[C@H](C)C(C)C.CC(C)[C@@H](C)OC(C)(C)C.CCC(C)[C@@H](C)OC.CCO[C@H](C)C(C)C.CO[C@H](C)C(C)C(C)C.CO[C@H](C)C1CCCC1.CO[C@H](C)C1CCCCC1.CO[C@H](C)C1CCCCCC1.CO[C@H](C)C1CCCCCCC1. The molecule has 4 fully saturated rings. The molecule has 5 aliphatic carbocycles. The normalized spacial score (nSPS) is 19.3. The zero-order chi connectivity index (χ0) is 79.2. The zero-order valence-corrected chi connectivity index (χ0v) is 74.9. The average molecular weight is 1460 g/mol. The maximum absolute atomic E-state index is 6.06. The largest absolute Gasteiger partial charge is 0.381 e. The second-order valence-corrected chi connectivity index (χ2v) is 33.9. The summed E-state index contributed by atoms with van der Waals surface area (Å²) in [5.74, 6) is 7.34. The van der Waals surface area contributed by atoms with Crippen molar-refractivity contribution in [3.05, 3.63) is 59.7 Å². The summed E-state index contributed by atoms with van der Waals surface area (Å²) in [7, 11) is 10.8.